The fourth-order valence-corrected chi connectivity index (χ4v) is 5.89. The van der Waals surface area contributed by atoms with Crippen molar-refractivity contribution < 1.29 is 15.1 Å². The Labute approximate surface area is 238 Å². The van der Waals surface area contributed by atoms with E-state index >= 15 is 0 Å². The number of halogens is 2. The Kier molecular flexibility index (Phi) is 9.41. The van der Waals surface area contributed by atoms with Gasteiger partial charge in [-0.25, -0.2) is 4.79 Å². The maximum absolute atomic E-state index is 13.5. The van der Waals surface area contributed by atoms with Crippen LogP contribution in [0.25, 0.3) is 0 Å². The normalized spacial score (nSPS) is 14.1. The monoisotopic (exact) mass is 639 g/mol. The number of rotatable bonds is 6. The molecule has 0 aromatic heterocycles. The molecule has 1 saturated carbocycles. The maximum Gasteiger partial charge on any atom is 0.326 e. The molecule has 0 spiro atoms. The van der Waals surface area contributed by atoms with E-state index in [0.717, 1.165) is 20.2 Å². The Hall–Kier alpha value is -3.37. The Morgan fingerprint density at radius 2 is 1.58 bits per heavy atom. The first kappa shape index (κ1) is 27.7. The smallest absolute Gasteiger partial charge is 0.326 e. The molecular formula is C28H29Br2N6O2+. The number of nitrogens with zero attached hydrogens (tertiary/aromatic N) is 3. The van der Waals surface area contributed by atoms with E-state index in [4.69, 9.17) is 11.3 Å². The minimum Gasteiger partial charge on any atom is -0.363 e. The lowest BCUT2D eigenvalue weighted by Crippen LogP contribution is -2.34. The van der Waals surface area contributed by atoms with E-state index in [0.29, 0.717) is 23.7 Å². The fraction of sp³-hybridized carbons (Fsp3) is 0.250. The number of carbonyl (C=O) groups excluding carboxylic acids is 2. The van der Waals surface area contributed by atoms with Crippen molar-refractivity contribution in [2.24, 2.45) is 15.8 Å². The second-order valence-corrected chi connectivity index (χ2v) is 11.0. The molecule has 10 heteroatoms. The van der Waals surface area contributed by atoms with Crippen molar-refractivity contribution in [3.8, 4) is 0 Å². The number of guanidine groups is 1. The van der Waals surface area contributed by atoms with Gasteiger partial charge in [0.05, 0.1) is 6.54 Å². The number of amides is 3. The Balaban J connectivity index is 1.58. The van der Waals surface area contributed by atoms with Gasteiger partial charge in [0.15, 0.2) is 0 Å². The van der Waals surface area contributed by atoms with Crippen LogP contribution in [-0.4, -0.2) is 17.9 Å². The van der Waals surface area contributed by atoms with Gasteiger partial charge >= 0.3 is 6.03 Å². The van der Waals surface area contributed by atoms with Crippen LogP contribution in [-0.2, 0) is 6.54 Å². The average Bonchev–Trinajstić information content (AvgIpc) is 2.92. The van der Waals surface area contributed by atoms with Gasteiger partial charge in [-0.2, -0.15) is 4.99 Å². The van der Waals surface area contributed by atoms with Crippen LogP contribution >= 0.6 is 31.9 Å². The van der Waals surface area contributed by atoms with Crippen LogP contribution in [0.3, 0.4) is 0 Å². The van der Waals surface area contributed by atoms with Gasteiger partial charge in [0.2, 0.25) is 0 Å². The SMILES string of the molecule is NC(N=[NH2+])=NC(=O)c1ccc(CN(C(=O)Nc2cc(Br)cc(Br)c2)c2ccc(C3CCCCC3)cc2)cc1. The third kappa shape index (κ3) is 7.35. The zero-order valence-electron chi connectivity index (χ0n) is 20.7. The molecule has 0 saturated heterocycles. The van der Waals surface area contributed by atoms with Crippen LogP contribution in [0.2, 0.25) is 0 Å². The first-order valence-corrected chi connectivity index (χ1v) is 13.9. The van der Waals surface area contributed by atoms with Gasteiger partial charge in [-0.3, -0.25) is 9.69 Å². The third-order valence-corrected chi connectivity index (χ3v) is 7.45. The molecular weight excluding hydrogens is 612 g/mol. The lowest BCUT2D eigenvalue weighted by atomic mass is 9.84. The van der Waals surface area contributed by atoms with E-state index in [1.807, 2.05) is 30.3 Å². The zero-order valence-corrected chi connectivity index (χ0v) is 23.9. The number of urea groups is 1. The number of carbonyl (C=O) groups is 2. The molecule has 0 bridgehead atoms. The van der Waals surface area contributed by atoms with Crippen molar-refractivity contribution in [2.45, 2.75) is 44.6 Å². The molecule has 3 amide bonds. The van der Waals surface area contributed by atoms with Crippen molar-refractivity contribution in [1.29, 1.82) is 0 Å². The predicted octanol–water partition coefficient (Wildman–Crippen LogP) is 6.16. The van der Waals surface area contributed by atoms with E-state index in [9.17, 15) is 9.59 Å². The first-order chi connectivity index (χ1) is 18.3. The molecule has 0 atom stereocenters. The molecule has 1 aliphatic rings. The van der Waals surface area contributed by atoms with Gasteiger partial charge in [0.1, 0.15) is 0 Å². The highest BCUT2D eigenvalue weighted by atomic mass is 79.9. The van der Waals surface area contributed by atoms with Crippen LogP contribution in [0.5, 0.6) is 0 Å². The molecule has 1 aliphatic carbocycles. The van der Waals surface area contributed by atoms with Crippen molar-refractivity contribution in [1.82, 2.24) is 0 Å². The van der Waals surface area contributed by atoms with Gasteiger partial charge in [-0.05, 0) is 72.4 Å². The summed E-state index contributed by atoms with van der Waals surface area (Å²) < 4.78 is 1.69. The predicted molar refractivity (Wildman–Crippen MR) is 156 cm³/mol. The Bertz CT molecular complexity index is 1320. The molecule has 3 aromatic carbocycles. The number of nitrogens with two attached hydrogens (primary N) is 2. The van der Waals surface area contributed by atoms with Crippen molar-refractivity contribution >= 4 is 61.1 Å². The summed E-state index contributed by atoms with van der Waals surface area (Å²) in [6.07, 6.45) is 6.25. The second kappa shape index (κ2) is 12.9. The summed E-state index contributed by atoms with van der Waals surface area (Å²) in [7, 11) is 0. The molecule has 8 nitrogen and oxygen atoms in total. The quantitative estimate of drug-likeness (QED) is 0.170. The van der Waals surface area contributed by atoms with Crippen LogP contribution in [0.15, 0.2) is 85.8 Å². The molecule has 0 aliphatic heterocycles. The standard InChI is InChI=1S/C28H28Br2N6O2/c29-22-14-23(30)16-24(15-22)33-28(38)36(25-12-10-20(11-13-25)19-4-2-1-3-5-19)17-18-6-8-21(9-7-18)26(37)34-27(31)35-32/h6-16,19,32H,1-5,17H2,(H,33,38)(H2,31,34,37)/p+1. The largest absolute Gasteiger partial charge is 0.363 e. The van der Waals surface area contributed by atoms with Gasteiger partial charge in [-0.1, -0.05) is 75.4 Å². The van der Waals surface area contributed by atoms with Crippen LogP contribution < -0.4 is 21.5 Å². The molecule has 1 fully saturated rings. The van der Waals surface area contributed by atoms with Crippen LogP contribution in [0.4, 0.5) is 16.2 Å². The van der Waals surface area contributed by atoms with E-state index in [-0.39, 0.29) is 12.0 Å². The van der Waals surface area contributed by atoms with Crippen molar-refractivity contribution in [2.75, 3.05) is 10.2 Å². The number of benzene rings is 3. The fourth-order valence-electron chi connectivity index (χ4n) is 4.59. The van der Waals surface area contributed by atoms with Gasteiger partial charge in [-0.15, -0.1) is 5.53 Å². The molecule has 0 heterocycles. The summed E-state index contributed by atoms with van der Waals surface area (Å²) >= 11 is 6.94. The summed E-state index contributed by atoms with van der Waals surface area (Å²) in [6.45, 7) is 0.293. The summed E-state index contributed by atoms with van der Waals surface area (Å²) in [6, 6.07) is 20.4. The molecule has 196 valence electrons. The summed E-state index contributed by atoms with van der Waals surface area (Å²) in [5.74, 6) is -0.262. The highest BCUT2D eigenvalue weighted by molar-refractivity contribution is 9.11. The maximum atomic E-state index is 13.5. The highest BCUT2D eigenvalue weighted by Gasteiger charge is 2.20. The lowest BCUT2D eigenvalue weighted by Gasteiger charge is -2.26. The minimum atomic E-state index is -0.545. The van der Waals surface area contributed by atoms with Crippen molar-refractivity contribution in [3.63, 3.8) is 0 Å². The highest BCUT2D eigenvalue weighted by Crippen LogP contribution is 2.34. The number of aliphatic imine (C=N–C) groups is 1. The van der Waals surface area contributed by atoms with E-state index in [1.165, 1.54) is 37.7 Å². The average molecular weight is 641 g/mol. The molecule has 4 rings (SSSR count). The number of anilines is 2. The van der Waals surface area contributed by atoms with Gasteiger partial charge < -0.3 is 11.1 Å². The molecule has 3 aromatic rings. The van der Waals surface area contributed by atoms with E-state index in [1.54, 1.807) is 29.2 Å². The number of nitrogens with one attached hydrogen (secondary N) is 1. The summed E-state index contributed by atoms with van der Waals surface area (Å²) in [4.78, 5) is 31.1. The summed E-state index contributed by atoms with van der Waals surface area (Å²) in [5.41, 5.74) is 14.4. The topological polar surface area (TPSA) is 126 Å². The van der Waals surface area contributed by atoms with E-state index < -0.39 is 5.91 Å². The summed E-state index contributed by atoms with van der Waals surface area (Å²) in [5, 5.41) is 6.19. The number of hydrogen-bond donors (Lipinski definition) is 3. The number of hydrogen-bond acceptors (Lipinski definition) is 2. The third-order valence-electron chi connectivity index (χ3n) is 6.53. The molecule has 0 unspecified atom stereocenters. The first-order valence-electron chi connectivity index (χ1n) is 12.4. The molecule has 5 N–H and O–H groups in total. The Morgan fingerprint density at radius 1 is 0.947 bits per heavy atom. The van der Waals surface area contributed by atoms with Crippen LogP contribution in [0, 0.1) is 0 Å². The Morgan fingerprint density at radius 3 is 2.18 bits per heavy atom. The van der Waals surface area contributed by atoms with Crippen molar-refractivity contribution in [3.05, 3.63) is 92.4 Å². The molecule has 38 heavy (non-hydrogen) atoms. The minimum absolute atomic E-state index is 0.275. The van der Waals surface area contributed by atoms with Gasteiger partial charge in [0.25, 0.3) is 11.9 Å². The second-order valence-electron chi connectivity index (χ2n) is 9.20. The molecule has 0 radical (unpaired) electrons. The lowest BCUT2D eigenvalue weighted by molar-refractivity contribution is -0.207. The van der Waals surface area contributed by atoms with Crippen LogP contribution in [0.1, 0.15) is 59.5 Å². The van der Waals surface area contributed by atoms with E-state index in [2.05, 4.69) is 59.4 Å². The van der Waals surface area contributed by atoms with Gasteiger partial charge in [0, 0.05) is 31.0 Å². The zero-order chi connectivity index (χ0) is 27.1.